The first-order valence-electron chi connectivity index (χ1n) is 10.4. The Balaban J connectivity index is 2.12. The average Bonchev–Trinajstić information content (AvgIpc) is 2.73. The van der Waals surface area contributed by atoms with Crippen molar-refractivity contribution in [2.24, 2.45) is 0 Å². The molecule has 2 aromatic rings. The van der Waals surface area contributed by atoms with Crippen molar-refractivity contribution in [3.8, 4) is 0 Å². The van der Waals surface area contributed by atoms with Crippen LogP contribution in [0.2, 0.25) is 5.02 Å². The van der Waals surface area contributed by atoms with E-state index in [-0.39, 0.29) is 11.8 Å². The van der Waals surface area contributed by atoms with E-state index in [2.05, 4.69) is 5.32 Å². The van der Waals surface area contributed by atoms with E-state index in [9.17, 15) is 9.59 Å². The number of rotatable bonds is 11. The number of hydrogen-bond donors (Lipinski definition) is 1. The fourth-order valence-electron chi connectivity index (χ4n) is 3.22. The van der Waals surface area contributed by atoms with Gasteiger partial charge in [0.2, 0.25) is 11.8 Å². The number of nitrogens with one attached hydrogen (secondary N) is 1. The zero-order valence-corrected chi connectivity index (χ0v) is 19.6. The zero-order valence-electron chi connectivity index (χ0n) is 18.0. The van der Waals surface area contributed by atoms with Crippen molar-refractivity contribution >= 4 is 35.2 Å². The number of halogens is 1. The highest BCUT2D eigenvalue weighted by atomic mass is 35.5. The molecule has 0 saturated heterocycles. The molecule has 1 N–H and O–H groups in total. The Bertz CT molecular complexity index is 843. The molecule has 2 amide bonds. The number of hydrogen-bond acceptors (Lipinski definition) is 3. The van der Waals surface area contributed by atoms with Gasteiger partial charge in [0.25, 0.3) is 0 Å². The van der Waals surface area contributed by atoms with Crippen LogP contribution >= 0.6 is 23.4 Å². The highest BCUT2D eigenvalue weighted by molar-refractivity contribution is 7.99. The van der Waals surface area contributed by atoms with Crippen molar-refractivity contribution in [3.05, 3.63) is 70.2 Å². The summed E-state index contributed by atoms with van der Waals surface area (Å²) in [6, 6.07) is 15.2. The SMILES string of the molecule is CCCNC(=O)[C@H](CC)N(Cc1ccccc1C)C(=O)CSCc1cccc(Cl)c1. The van der Waals surface area contributed by atoms with Gasteiger partial charge >= 0.3 is 0 Å². The molecule has 0 saturated carbocycles. The first kappa shape index (κ1) is 24.3. The average molecular weight is 447 g/mol. The zero-order chi connectivity index (χ0) is 21.9. The molecule has 30 heavy (non-hydrogen) atoms. The lowest BCUT2D eigenvalue weighted by molar-refractivity contribution is -0.139. The van der Waals surface area contributed by atoms with Crippen LogP contribution in [0.25, 0.3) is 0 Å². The van der Waals surface area contributed by atoms with Crippen LogP contribution in [0.5, 0.6) is 0 Å². The monoisotopic (exact) mass is 446 g/mol. The summed E-state index contributed by atoms with van der Waals surface area (Å²) in [5, 5.41) is 3.65. The summed E-state index contributed by atoms with van der Waals surface area (Å²) in [6.07, 6.45) is 1.44. The summed E-state index contributed by atoms with van der Waals surface area (Å²) in [5.74, 6) is 0.907. The number of thioether (sulfide) groups is 1. The van der Waals surface area contributed by atoms with Crippen LogP contribution in [0.1, 0.15) is 43.4 Å². The lowest BCUT2D eigenvalue weighted by Gasteiger charge is -2.31. The molecule has 4 nitrogen and oxygen atoms in total. The van der Waals surface area contributed by atoms with Crippen molar-refractivity contribution in [2.45, 2.75) is 52.0 Å². The third-order valence-corrected chi connectivity index (χ3v) is 6.14. The molecule has 6 heteroatoms. The highest BCUT2D eigenvalue weighted by Crippen LogP contribution is 2.20. The second-order valence-corrected chi connectivity index (χ2v) is 8.71. The van der Waals surface area contributed by atoms with Crippen molar-refractivity contribution in [2.75, 3.05) is 12.3 Å². The summed E-state index contributed by atoms with van der Waals surface area (Å²) in [7, 11) is 0. The van der Waals surface area contributed by atoms with Gasteiger partial charge in [-0.1, -0.05) is 61.8 Å². The van der Waals surface area contributed by atoms with Gasteiger partial charge in [0.05, 0.1) is 5.75 Å². The van der Waals surface area contributed by atoms with Crippen LogP contribution in [-0.2, 0) is 21.9 Å². The Hall–Kier alpha value is -1.98. The van der Waals surface area contributed by atoms with E-state index in [4.69, 9.17) is 11.6 Å². The van der Waals surface area contributed by atoms with Gasteiger partial charge in [-0.15, -0.1) is 11.8 Å². The molecule has 0 bridgehead atoms. The van der Waals surface area contributed by atoms with Crippen LogP contribution in [0.15, 0.2) is 48.5 Å². The lowest BCUT2D eigenvalue weighted by atomic mass is 10.1. The first-order chi connectivity index (χ1) is 14.5. The second-order valence-electron chi connectivity index (χ2n) is 7.29. The van der Waals surface area contributed by atoms with Gasteiger partial charge in [0.1, 0.15) is 6.04 Å². The maximum atomic E-state index is 13.2. The van der Waals surface area contributed by atoms with Crippen LogP contribution in [0.4, 0.5) is 0 Å². The quantitative estimate of drug-likeness (QED) is 0.515. The van der Waals surface area contributed by atoms with E-state index >= 15 is 0 Å². The van der Waals surface area contributed by atoms with E-state index in [0.717, 1.165) is 23.1 Å². The maximum Gasteiger partial charge on any atom is 0.242 e. The number of benzene rings is 2. The lowest BCUT2D eigenvalue weighted by Crippen LogP contribution is -2.49. The molecule has 0 aliphatic rings. The predicted octanol–water partition coefficient (Wildman–Crippen LogP) is 5.22. The molecular weight excluding hydrogens is 416 g/mol. The number of carbonyl (C=O) groups excluding carboxylic acids is 2. The fraction of sp³-hybridized carbons (Fsp3) is 0.417. The van der Waals surface area contributed by atoms with Crippen LogP contribution in [-0.4, -0.2) is 35.1 Å². The van der Waals surface area contributed by atoms with Crippen molar-refractivity contribution in [1.82, 2.24) is 10.2 Å². The Labute approximate surface area is 189 Å². The summed E-state index contributed by atoms with van der Waals surface area (Å²) < 4.78 is 0. The number of carbonyl (C=O) groups is 2. The van der Waals surface area contributed by atoms with E-state index < -0.39 is 6.04 Å². The third kappa shape index (κ3) is 7.37. The molecule has 0 spiro atoms. The standard InChI is InChI=1S/C24H31ClN2O2S/c1-4-13-26-24(29)22(5-2)27(15-20-11-7-6-9-18(20)3)23(28)17-30-16-19-10-8-12-21(25)14-19/h6-12,14,22H,4-5,13,15-17H2,1-3H3,(H,26,29)/t22-/m0/s1. The molecule has 0 heterocycles. The van der Waals surface area contributed by atoms with Crippen LogP contribution < -0.4 is 5.32 Å². The molecule has 162 valence electrons. The Morgan fingerprint density at radius 1 is 1.13 bits per heavy atom. The normalized spacial score (nSPS) is 11.7. The smallest absolute Gasteiger partial charge is 0.242 e. The minimum absolute atomic E-state index is 0.0243. The van der Waals surface area contributed by atoms with Gasteiger partial charge in [-0.05, 0) is 48.6 Å². The molecule has 1 atom stereocenters. The summed E-state index contributed by atoms with van der Waals surface area (Å²) in [6.45, 7) is 7.05. The summed E-state index contributed by atoms with van der Waals surface area (Å²) in [4.78, 5) is 27.7. The Kier molecular flexibility index (Phi) is 10.2. The molecule has 0 radical (unpaired) electrons. The van der Waals surface area contributed by atoms with Crippen molar-refractivity contribution in [3.63, 3.8) is 0 Å². The van der Waals surface area contributed by atoms with Gasteiger partial charge in [-0.2, -0.15) is 0 Å². The van der Waals surface area contributed by atoms with E-state index in [1.54, 1.807) is 16.7 Å². The van der Waals surface area contributed by atoms with Crippen LogP contribution in [0, 0.1) is 6.92 Å². The minimum atomic E-state index is -0.476. The van der Waals surface area contributed by atoms with Gasteiger partial charge < -0.3 is 10.2 Å². The van der Waals surface area contributed by atoms with E-state index in [1.165, 1.54) is 0 Å². The molecule has 0 aliphatic heterocycles. The highest BCUT2D eigenvalue weighted by Gasteiger charge is 2.28. The topological polar surface area (TPSA) is 49.4 Å². The van der Waals surface area contributed by atoms with Gasteiger partial charge in [0, 0.05) is 23.9 Å². The van der Waals surface area contributed by atoms with Gasteiger partial charge in [0.15, 0.2) is 0 Å². The molecule has 0 aliphatic carbocycles. The Morgan fingerprint density at radius 2 is 1.90 bits per heavy atom. The molecule has 0 unspecified atom stereocenters. The second kappa shape index (κ2) is 12.7. The summed E-state index contributed by atoms with van der Waals surface area (Å²) >= 11 is 7.59. The van der Waals surface area contributed by atoms with E-state index in [1.807, 2.05) is 69.3 Å². The van der Waals surface area contributed by atoms with Gasteiger partial charge in [-0.25, -0.2) is 0 Å². The van der Waals surface area contributed by atoms with Crippen molar-refractivity contribution in [1.29, 1.82) is 0 Å². The predicted molar refractivity (Wildman–Crippen MR) is 127 cm³/mol. The Morgan fingerprint density at radius 3 is 2.57 bits per heavy atom. The molecular formula is C24H31ClN2O2S. The fourth-order valence-corrected chi connectivity index (χ4v) is 4.29. The van der Waals surface area contributed by atoms with Crippen molar-refractivity contribution < 1.29 is 9.59 Å². The number of nitrogens with zero attached hydrogens (tertiary/aromatic N) is 1. The third-order valence-electron chi connectivity index (χ3n) is 4.92. The molecule has 2 aromatic carbocycles. The first-order valence-corrected chi connectivity index (χ1v) is 11.9. The number of aryl methyl sites for hydroxylation is 1. The van der Waals surface area contributed by atoms with Gasteiger partial charge in [-0.3, -0.25) is 9.59 Å². The van der Waals surface area contributed by atoms with E-state index in [0.29, 0.717) is 36.0 Å². The largest absolute Gasteiger partial charge is 0.354 e. The molecule has 0 fully saturated rings. The molecule has 0 aromatic heterocycles. The summed E-state index contributed by atoms with van der Waals surface area (Å²) in [5.41, 5.74) is 3.26. The maximum absolute atomic E-state index is 13.2. The minimum Gasteiger partial charge on any atom is -0.354 e. The van der Waals surface area contributed by atoms with Crippen LogP contribution in [0.3, 0.4) is 0 Å². The number of amides is 2. The molecule has 2 rings (SSSR count).